The number of hydrogen-bond donors (Lipinski definition) is 3. The number of ether oxygens (including phenoxy) is 1. The minimum absolute atomic E-state index is 0.120. The number of benzene rings is 1. The quantitative estimate of drug-likeness (QED) is 0.775. The first-order valence-corrected chi connectivity index (χ1v) is 6.56. The number of H-pyrrole nitrogens is 1. The fraction of sp³-hybridized carbons (Fsp3) is 0.133. The summed E-state index contributed by atoms with van der Waals surface area (Å²) in [7, 11) is 0. The van der Waals surface area contributed by atoms with Gasteiger partial charge < -0.3 is 20.6 Å². The summed E-state index contributed by atoms with van der Waals surface area (Å²) < 4.78 is 41.0. The number of alkyl halides is 3. The Morgan fingerprint density at radius 2 is 1.88 bits per heavy atom. The highest BCUT2D eigenvalue weighted by atomic mass is 19.4. The van der Waals surface area contributed by atoms with Crippen LogP contribution in [0.25, 0.3) is 11.1 Å². The van der Waals surface area contributed by atoms with E-state index in [4.69, 9.17) is 11.0 Å². The maximum Gasteiger partial charge on any atom is 0.422 e. The largest absolute Gasteiger partial charge is 0.507 e. The molecule has 0 fully saturated rings. The summed E-state index contributed by atoms with van der Waals surface area (Å²) in [4.78, 5) is 14.0. The SMILES string of the molecule is N#Cc1c(N)[nH]c(=O)c(C#N)c1-c1ccc(OCC(F)(F)F)cc1O. The van der Waals surface area contributed by atoms with E-state index in [1.807, 2.05) is 0 Å². The summed E-state index contributed by atoms with van der Waals surface area (Å²) in [6.07, 6.45) is -4.56. The zero-order valence-electron chi connectivity index (χ0n) is 12.3. The number of nitrogen functional groups attached to an aromatic ring is 1. The number of hydrogen-bond acceptors (Lipinski definition) is 6. The van der Waals surface area contributed by atoms with Gasteiger partial charge in [-0.15, -0.1) is 0 Å². The lowest BCUT2D eigenvalue weighted by Crippen LogP contribution is -2.19. The molecule has 0 spiro atoms. The Balaban J connectivity index is 2.59. The maximum atomic E-state index is 12.2. The number of rotatable bonds is 3. The van der Waals surface area contributed by atoms with E-state index in [0.717, 1.165) is 18.2 Å². The van der Waals surface area contributed by atoms with Gasteiger partial charge in [-0.25, -0.2) is 0 Å². The summed E-state index contributed by atoms with van der Waals surface area (Å²) in [5.74, 6) is -1.18. The van der Waals surface area contributed by atoms with Gasteiger partial charge in [-0.1, -0.05) is 0 Å². The highest BCUT2D eigenvalue weighted by Crippen LogP contribution is 2.36. The number of pyridine rings is 1. The van der Waals surface area contributed by atoms with E-state index in [0.29, 0.717) is 0 Å². The highest BCUT2D eigenvalue weighted by Gasteiger charge is 2.28. The molecule has 128 valence electrons. The Labute approximate surface area is 138 Å². The van der Waals surface area contributed by atoms with Crippen molar-refractivity contribution in [3.05, 3.63) is 39.7 Å². The van der Waals surface area contributed by atoms with Crippen LogP contribution in [0.15, 0.2) is 23.0 Å². The molecule has 0 aliphatic heterocycles. The summed E-state index contributed by atoms with van der Waals surface area (Å²) in [6, 6.07) is 6.42. The third kappa shape index (κ3) is 3.64. The molecule has 0 unspecified atom stereocenters. The lowest BCUT2D eigenvalue weighted by Gasteiger charge is -2.13. The molecule has 0 aliphatic rings. The van der Waals surface area contributed by atoms with Crippen LogP contribution in [0.1, 0.15) is 11.1 Å². The summed E-state index contributed by atoms with van der Waals surface area (Å²) in [5, 5.41) is 28.4. The molecule has 0 saturated heterocycles. The molecule has 2 rings (SSSR count). The van der Waals surface area contributed by atoms with Crippen LogP contribution in [0.3, 0.4) is 0 Å². The highest BCUT2D eigenvalue weighted by molar-refractivity contribution is 5.83. The van der Waals surface area contributed by atoms with Gasteiger partial charge in [0, 0.05) is 17.2 Å². The van der Waals surface area contributed by atoms with Crippen molar-refractivity contribution >= 4 is 5.82 Å². The maximum absolute atomic E-state index is 12.2. The Bertz CT molecular complexity index is 968. The molecule has 1 heterocycles. The van der Waals surface area contributed by atoms with Crippen LogP contribution in [-0.2, 0) is 0 Å². The number of halogens is 3. The zero-order chi connectivity index (χ0) is 18.8. The number of nitrogens with zero attached hydrogens (tertiary/aromatic N) is 2. The fourth-order valence-corrected chi connectivity index (χ4v) is 2.09. The van der Waals surface area contributed by atoms with Gasteiger partial charge in [0.2, 0.25) is 0 Å². The second-order valence-corrected chi connectivity index (χ2v) is 4.80. The Hall–Kier alpha value is -3.66. The number of aromatic amines is 1. The van der Waals surface area contributed by atoms with Gasteiger partial charge >= 0.3 is 6.18 Å². The predicted molar refractivity (Wildman–Crippen MR) is 79.6 cm³/mol. The molecule has 0 amide bonds. The Morgan fingerprint density at radius 1 is 1.24 bits per heavy atom. The van der Waals surface area contributed by atoms with E-state index in [1.54, 1.807) is 12.1 Å². The molecule has 2 aromatic rings. The van der Waals surface area contributed by atoms with E-state index in [1.165, 1.54) is 0 Å². The van der Waals surface area contributed by atoms with Crippen LogP contribution in [0.5, 0.6) is 11.5 Å². The van der Waals surface area contributed by atoms with Crippen molar-refractivity contribution in [3.8, 4) is 34.8 Å². The second-order valence-electron chi connectivity index (χ2n) is 4.80. The average Bonchev–Trinajstić information content (AvgIpc) is 2.52. The molecule has 0 saturated carbocycles. The summed E-state index contributed by atoms with van der Waals surface area (Å²) in [5.41, 5.74) is 3.62. The molecule has 7 nitrogen and oxygen atoms in total. The van der Waals surface area contributed by atoms with Crippen LogP contribution in [0.4, 0.5) is 19.0 Å². The van der Waals surface area contributed by atoms with Crippen molar-refractivity contribution in [2.75, 3.05) is 12.3 Å². The van der Waals surface area contributed by atoms with Crippen molar-refractivity contribution in [3.63, 3.8) is 0 Å². The van der Waals surface area contributed by atoms with Crippen LogP contribution in [0.2, 0.25) is 0 Å². The van der Waals surface area contributed by atoms with Gasteiger partial charge in [0.05, 0.1) is 0 Å². The Kier molecular flexibility index (Phi) is 4.57. The number of nitrogens with two attached hydrogens (primary N) is 1. The zero-order valence-corrected chi connectivity index (χ0v) is 12.3. The van der Waals surface area contributed by atoms with Crippen LogP contribution in [-0.4, -0.2) is 22.9 Å². The molecule has 4 N–H and O–H groups in total. The van der Waals surface area contributed by atoms with E-state index >= 15 is 0 Å². The fourth-order valence-electron chi connectivity index (χ4n) is 2.09. The molecule has 0 radical (unpaired) electrons. The molecule has 10 heteroatoms. The van der Waals surface area contributed by atoms with Gasteiger partial charge in [-0.2, -0.15) is 23.7 Å². The van der Waals surface area contributed by atoms with Gasteiger partial charge in [-0.05, 0) is 12.1 Å². The molecule has 0 atom stereocenters. The van der Waals surface area contributed by atoms with Crippen molar-refractivity contribution in [2.45, 2.75) is 6.18 Å². The van der Waals surface area contributed by atoms with Crippen LogP contribution < -0.4 is 16.0 Å². The smallest absolute Gasteiger partial charge is 0.422 e. The second kappa shape index (κ2) is 6.45. The minimum Gasteiger partial charge on any atom is -0.507 e. The topological polar surface area (TPSA) is 136 Å². The lowest BCUT2D eigenvalue weighted by atomic mass is 9.96. The first-order chi connectivity index (χ1) is 11.7. The third-order valence-electron chi connectivity index (χ3n) is 3.11. The number of aromatic nitrogens is 1. The van der Waals surface area contributed by atoms with Gasteiger partial charge in [0.15, 0.2) is 6.61 Å². The van der Waals surface area contributed by atoms with E-state index < -0.39 is 29.7 Å². The molecular formula is C15H9F3N4O3. The van der Waals surface area contributed by atoms with Gasteiger partial charge in [-0.3, -0.25) is 4.79 Å². The summed E-state index contributed by atoms with van der Waals surface area (Å²) >= 11 is 0. The van der Waals surface area contributed by atoms with Crippen molar-refractivity contribution < 1.29 is 23.0 Å². The van der Waals surface area contributed by atoms with Gasteiger partial charge in [0.25, 0.3) is 5.56 Å². The summed E-state index contributed by atoms with van der Waals surface area (Å²) in [6.45, 7) is -1.56. The average molecular weight is 350 g/mol. The monoisotopic (exact) mass is 350 g/mol. The number of phenols is 1. The minimum atomic E-state index is -4.56. The molecule has 1 aromatic carbocycles. The number of anilines is 1. The van der Waals surface area contributed by atoms with Gasteiger partial charge in [0.1, 0.15) is 40.6 Å². The number of nitriles is 2. The first-order valence-electron chi connectivity index (χ1n) is 6.56. The molecule has 0 bridgehead atoms. The molecular weight excluding hydrogens is 341 g/mol. The van der Waals surface area contributed by atoms with Crippen LogP contribution >= 0.6 is 0 Å². The predicted octanol–water partition coefficient (Wildman–Crippen LogP) is 2.01. The number of nitrogens with one attached hydrogen (secondary N) is 1. The van der Waals surface area contributed by atoms with E-state index in [9.17, 15) is 28.3 Å². The lowest BCUT2D eigenvalue weighted by molar-refractivity contribution is -0.153. The molecule has 1 aromatic heterocycles. The number of aromatic hydroxyl groups is 1. The standard InChI is InChI=1S/C15H9F3N4O3/c16-15(17,18)6-25-7-1-2-8(11(23)3-7)12-9(4-19)13(21)22-14(24)10(12)5-20/h1-3,23H,6H2,(H3,21,22,24). The first kappa shape index (κ1) is 17.7. The Morgan fingerprint density at radius 3 is 2.40 bits per heavy atom. The van der Waals surface area contributed by atoms with Crippen molar-refractivity contribution in [2.24, 2.45) is 0 Å². The normalized spacial score (nSPS) is 10.8. The van der Waals surface area contributed by atoms with E-state index in [-0.39, 0.29) is 28.3 Å². The molecule has 0 aliphatic carbocycles. The van der Waals surface area contributed by atoms with E-state index in [2.05, 4.69) is 9.72 Å². The third-order valence-corrected chi connectivity index (χ3v) is 3.11. The van der Waals surface area contributed by atoms with Crippen molar-refractivity contribution in [1.29, 1.82) is 10.5 Å². The number of phenolic OH excluding ortho intramolecular Hbond substituents is 1. The molecule has 25 heavy (non-hydrogen) atoms. The van der Waals surface area contributed by atoms with Crippen molar-refractivity contribution in [1.82, 2.24) is 4.98 Å². The van der Waals surface area contributed by atoms with Crippen LogP contribution in [0, 0.1) is 22.7 Å².